The summed E-state index contributed by atoms with van der Waals surface area (Å²) >= 11 is 0. The average Bonchev–Trinajstić information content (AvgIpc) is 2.62. The van der Waals surface area contributed by atoms with E-state index in [0.717, 1.165) is 4.90 Å². The summed E-state index contributed by atoms with van der Waals surface area (Å²) in [5.74, 6) is -6.67. The SMILES string of the molecule is CCN(CC)C(N(CC(=O)O)C(=O)C(F)(F)F)P(=O)(O)OOc1ccccc1. The molecule has 0 aromatic heterocycles. The van der Waals surface area contributed by atoms with Gasteiger partial charge in [0.1, 0.15) is 6.54 Å². The van der Waals surface area contributed by atoms with Crippen molar-refractivity contribution in [3.05, 3.63) is 30.3 Å². The van der Waals surface area contributed by atoms with E-state index in [1.165, 1.54) is 38.1 Å². The lowest BCUT2D eigenvalue weighted by molar-refractivity contribution is -0.192. The van der Waals surface area contributed by atoms with Crippen molar-refractivity contribution < 1.29 is 46.9 Å². The van der Waals surface area contributed by atoms with Crippen LogP contribution < -0.4 is 4.89 Å². The van der Waals surface area contributed by atoms with Crippen LogP contribution in [0.1, 0.15) is 13.8 Å². The zero-order chi connectivity index (χ0) is 21.5. The van der Waals surface area contributed by atoms with E-state index < -0.39 is 38.1 Å². The maximum atomic E-state index is 13.0. The van der Waals surface area contributed by atoms with Gasteiger partial charge in [0.25, 0.3) is 0 Å². The summed E-state index contributed by atoms with van der Waals surface area (Å²) in [6.07, 6.45) is -5.47. The Hall–Kier alpha value is -2.14. The smallest absolute Gasteiger partial charge is 0.471 e. The Morgan fingerprint density at radius 3 is 2.14 bits per heavy atom. The molecular formula is C15H20F3N2O7P. The number of amides is 1. The molecular weight excluding hydrogens is 408 g/mol. The van der Waals surface area contributed by atoms with E-state index in [2.05, 4.69) is 4.67 Å². The number of benzene rings is 1. The van der Waals surface area contributed by atoms with E-state index in [1.807, 2.05) is 0 Å². The highest BCUT2D eigenvalue weighted by Gasteiger charge is 2.52. The number of rotatable bonds is 10. The van der Waals surface area contributed by atoms with Gasteiger partial charge in [-0.1, -0.05) is 36.7 Å². The van der Waals surface area contributed by atoms with Gasteiger partial charge >= 0.3 is 25.6 Å². The van der Waals surface area contributed by atoms with Gasteiger partial charge in [0.15, 0.2) is 11.7 Å². The van der Waals surface area contributed by atoms with E-state index in [0.29, 0.717) is 0 Å². The molecule has 1 aromatic rings. The lowest BCUT2D eigenvalue weighted by atomic mass is 10.3. The van der Waals surface area contributed by atoms with Gasteiger partial charge in [-0.2, -0.15) is 13.2 Å². The molecule has 1 amide bonds. The topological polar surface area (TPSA) is 117 Å². The Morgan fingerprint density at radius 2 is 1.71 bits per heavy atom. The molecule has 158 valence electrons. The van der Waals surface area contributed by atoms with Crippen molar-refractivity contribution in [2.75, 3.05) is 19.6 Å². The first-order valence-electron chi connectivity index (χ1n) is 8.01. The summed E-state index contributed by atoms with van der Waals surface area (Å²) in [6.45, 7) is 1.26. The van der Waals surface area contributed by atoms with Gasteiger partial charge in [-0.3, -0.25) is 24.0 Å². The molecule has 1 rings (SSSR count). The van der Waals surface area contributed by atoms with Crippen molar-refractivity contribution in [3.8, 4) is 5.75 Å². The molecule has 0 saturated carbocycles. The van der Waals surface area contributed by atoms with Crippen molar-refractivity contribution in [3.63, 3.8) is 0 Å². The van der Waals surface area contributed by atoms with E-state index in [4.69, 9.17) is 9.99 Å². The maximum absolute atomic E-state index is 13.0. The Balaban J connectivity index is 3.30. The lowest BCUT2D eigenvalue weighted by Crippen LogP contribution is -2.56. The molecule has 1 aromatic carbocycles. The number of hydrogen-bond donors (Lipinski definition) is 2. The lowest BCUT2D eigenvalue weighted by Gasteiger charge is -2.38. The van der Waals surface area contributed by atoms with Crippen molar-refractivity contribution in [1.82, 2.24) is 9.80 Å². The largest absolute Gasteiger partial charge is 0.480 e. The van der Waals surface area contributed by atoms with Crippen LogP contribution in [0.25, 0.3) is 0 Å². The number of alkyl halides is 3. The molecule has 0 fully saturated rings. The average molecular weight is 428 g/mol. The molecule has 0 aliphatic heterocycles. The van der Waals surface area contributed by atoms with Crippen LogP contribution in [0.5, 0.6) is 5.75 Å². The second kappa shape index (κ2) is 9.87. The monoisotopic (exact) mass is 428 g/mol. The van der Waals surface area contributed by atoms with Gasteiger partial charge in [0.05, 0.1) is 0 Å². The minimum absolute atomic E-state index is 0.0259. The Labute approximate surface area is 158 Å². The predicted molar refractivity (Wildman–Crippen MR) is 90.1 cm³/mol. The summed E-state index contributed by atoms with van der Waals surface area (Å²) in [5.41, 5.74) is 0. The van der Waals surface area contributed by atoms with E-state index >= 15 is 0 Å². The highest BCUT2D eigenvalue weighted by molar-refractivity contribution is 7.53. The third-order valence-corrected chi connectivity index (χ3v) is 4.98. The number of carbonyl (C=O) groups excluding carboxylic acids is 1. The zero-order valence-corrected chi connectivity index (χ0v) is 15.9. The maximum Gasteiger partial charge on any atom is 0.471 e. The molecule has 0 spiro atoms. The number of carboxylic acids is 1. The van der Waals surface area contributed by atoms with Crippen LogP contribution in [0.3, 0.4) is 0 Å². The Bertz CT molecular complexity index is 713. The van der Waals surface area contributed by atoms with E-state index in [-0.39, 0.29) is 23.7 Å². The van der Waals surface area contributed by atoms with Crippen LogP contribution in [0.4, 0.5) is 13.2 Å². The summed E-state index contributed by atoms with van der Waals surface area (Å²) in [5, 5.41) is 8.93. The fourth-order valence-corrected chi connectivity index (χ4v) is 3.86. The molecule has 2 unspecified atom stereocenters. The van der Waals surface area contributed by atoms with Gasteiger partial charge in [0, 0.05) is 0 Å². The zero-order valence-electron chi connectivity index (χ0n) is 15.0. The third-order valence-electron chi connectivity index (χ3n) is 3.50. The highest BCUT2D eigenvalue weighted by Crippen LogP contribution is 2.51. The number of aliphatic carboxylic acids is 1. The van der Waals surface area contributed by atoms with Gasteiger partial charge in [-0.05, 0) is 25.2 Å². The number of hydrogen-bond acceptors (Lipinski definition) is 6. The Kier molecular flexibility index (Phi) is 8.43. The molecule has 28 heavy (non-hydrogen) atoms. The van der Waals surface area contributed by atoms with Gasteiger partial charge < -0.3 is 14.9 Å². The highest BCUT2D eigenvalue weighted by atomic mass is 31.2. The first-order valence-corrected chi connectivity index (χ1v) is 9.66. The number of carbonyl (C=O) groups is 2. The van der Waals surface area contributed by atoms with Gasteiger partial charge in [0.2, 0.25) is 0 Å². The molecule has 0 saturated heterocycles. The first-order chi connectivity index (χ1) is 12.9. The molecule has 0 aliphatic carbocycles. The van der Waals surface area contributed by atoms with Crippen LogP contribution in [-0.4, -0.2) is 63.4 Å². The minimum atomic E-state index is -5.47. The fourth-order valence-electron chi connectivity index (χ4n) is 2.31. The molecule has 2 atom stereocenters. The van der Waals surface area contributed by atoms with Crippen LogP contribution in [0, 0.1) is 0 Å². The first kappa shape index (κ1) is 23.9. The molecule has 0 heterocycles. The molecule has 0 bridgehead atoms. The molecule has 0 aliphatic rings. The van der Waals surface area contributed by atoms with Crippen LogP contribution in [0.15, 0.2) is 30.3 Å². The second-order valence-electron chi connectivity index (χ2n) is 5.43. The van der Waals surface area contributed by atoms with E-state index in [9.17, 15) is 32.2 Å². The summed E-state index contributed by atoms with van der Waals surface area (Å²) in [7, 11) is -5.15. The van der Waals surface area contributed by atoms with Crippen LogP contribution in [-0.2, 0) is 18.8 Å². The normalized spacial score (nSPS) is 15.0. The number of nitrogens with zero attached hydrogens (tertiary/aromatic N) is 2. The quantitative estimate of drug-likeness (QED) is 0.252. The number of para-hydroxylation sites is 1. The van der Waals surface area contributed by atoms with Crippen LogP contribution in [0.2, 0.25) is 0 Å². The molecule has 9 nitrogen and oxygen atoms in total. The third kappa shape index (κ3) is 6.48. The number of halogens is 3. The van der Waals surface area contributed by atoms with Gasteiger partial charge in [-0.15, -0.1) is 0 Å². The standard InChI is InChI=1S/C15H20F3N2O7P/c1-3-19(4-2)14(20(10-12(21)22)13(23)15(16,17)18)28(24,25)27-26-11-8-6-5-7-9-11/h5-9,14H,3-4,10H2,1-2H3,(H,21,22)(H,24,25). The summed E-state index contributed by atoms with van der Waals surface area (Å²) in [4.78, 5) is 38.5. The molecule has 2 N–H and O–H groups in total. The van der Waals surface area contributed by atoms with Crippen molar-refractivity contribution in [2.45, 2.75) is 25.9 Å². The van der Waals surface area contributed by atoms with Crippen LogP contribution >= 0.6 is 7.60 Å². The molecule has 0 radical (unpaired) electrons. The Morgan fingerprint density at radius 1 is 1.18 bits per heavy atom. The number of carboxylic acid groups (broad SMARTS) is 1. The van der Waals surface area contributed by atoms with Crippen molar-refractivity contribution in [2.24, 2.45) is 0 Å². The summed E-state index contributed by atoms with van der Waals surface area (Å²) in [6, 6.07) is 7.32. The second-order valence-corrected chi connectivity index (χ2v) is 7.17. The van der Waals surface area contributed by atoms with Crippen molar-refractivity contribution in [1.29, 1.82) is 0 Å². The van der Waals surface area contributed by atoms with Crippen molar-refractivity contribution >= 4 is 19.5 Å². The fraction of sp³-hybridized carbons (Fsp3) is 0.467. The summed E-state index contributed by atoms with van der Waals surface area (Å²) < 4.78 is 56.1. The predicted octanol–water partition coefficient (Wildman–Crippen LogP) is 2.28. The minimum Gasteiger partial charge on any atom is -0.480 e. The molecule has 13 heteroatoms. The van der Waals surface area contributed by atoms with E-state index in [1.54, 1.807) is 6.07 Å². The van der Waals surface area contributed by atoms with Gasteiger partial charge in [-0.25, -0.2) is 0 Å².